The van der Waals surface area contributed by atoms with Crippen LogP contribution in [0.4, 0.5) is 47.3 Å². The molecule has 8 aromatic carbocycles. The standard InChI is InChI=1S/C30H30N4O5S.C30H32N4O3S.C15H16N2O2.C10H8N2O2S.C9H6ClN.C8H8O.CH2BrNO2.CH3Cl/c1-30(2,3)39-29(36)33-13-11-32(12-14-33)24-10-9-21-15-23(19-31-25(21)18-24)26(35)16-22-17-27(40-28(22)34(37)38)20-7-5-4-6-8-20;1-30(2,3)37-29(36)34-13-11-33(12-14-34)24-10-9-21-15-23(19-32-25(21)18-24)26(35)16-22-17-27(38-28(22)31)20-7-5-4-6-8-20;18-15(19)12-8-11-4-5-13(9-14(11)16-10-12)17-6-2-1-3-7-17;11-8-6-9(15-10(8)12(13)14)7-4-2-1-3-5-7;10-9(6-7-11)8-4-2-1-3-5-8;1-7(9)8-5-3-2-4-6-8;2-1-3(4)5;1-2/h4-10,15,17-19H,11-14,16H2,1-3H3;4-10,15,17-19H,11-14,16,31H2,1-3H3;4-5,8-10H,1-3,6-7H2,(H,18,19);1-6H,11H2;1-6H;2-6H,1H3;1H2;1H3/b;;;;9-6-;;;. The van der Waals surface area contributed by atoms with Gasteiger partial charge in [0, 0.05) is 179 Å². The van der Waals surface area contributed by atoms with E-state index in [1.54, 1.807) is 47.2 Å². The Kier molecular flexibility index (Phi) is 39.7. The van der Waals surface area contributed by atoms with E-state index in [2.05, 4.69) is 63.2 Å². The number of aromatic nitrogens is 3. The molecule has 29 nitrogen and oxygen atoms in total. The quantitative estimate of drug-likeness (QED) is 0.0179. The second-order valence-electron chi connectivity index (χ2n) is 33.6. The molecule has 0 spiro atoms. The lowest BCUT2D eigenvalue weighted by Gasteiger charge is -2.36. The molecule has 0 bridgehead atoms. The van der Waals surface area contributed by atoms with Crippen LogP contribution in [0.3, 0.4) is 0 Å². The number of carboxylic acids is 1. The van der Waals surface area contributed by atoms with Crippen LogP contribution >= 0.6 is 73.1 Å². The Hall–Kier alpha value is -14.4. The smallest absolute Gasteiger partial charge is 0.410 e. The van der Waals surface area contributed by atoms with Crippen LogP contribution < -0.4 is 26.2 Å². The van der Waals surface area contributed by atoms with Crippen LogP contribution in [0.25, 0.3) is 69.1 Å². The number of anilines is 5. The summed E-state index contributed by atoms with van der Waals surface area (Å²) in [5.41, 5.74) is 23.5. The summed E-state index contributed by atoms with van der Waals surface area (Å²) in [6.07, 6.45) is 10.8. The van der Waals surface area contributed by atoms with Crippen LogP contribution in [0.15, 0.2) is 267 Å². The molecule has 5 N–H and O–H groups in total. The average molecular weight is 2040 g/mol. The first kappa shape index (κ1) is 107. The number of hydrogen-bond donors (Lipinski definition) is 3. The fourth-order valence-corrected chi connectivity index (χ4v) is 17.5. The van der Waals surface area contributed by atoms with Crippen LogP contribution in [-0.2, 0) is 22.3 Å². The maximum atomic E-state index is 13.2. The molecule has 0 saturated carbocycles. The number of piperazine rings is 2. The lowest BCUT2D eigenvalue weighted by Crippen LogP contribution is -2.50. The van der Waals surface area contributed by atoms with Gasteiger partial charge in [0.15, 0.2) is 17.3 Å². The van der Waals surface area contributed by atoms with Crippen molar-refractivity contribution in [3.05, 3.63) is 337 Å². The minimum Gasteiger partial charge on any atom is -0.478 e. The van der Waals surface area contributed by atoms with Crippen LogP contribution in [-0.4, -0.2) is 169 Å². The summed E-state index contributed by atoms with van der Waals surface area (Å²) < 4.78 is 11.0. The molecule has 0 atom stereocenters. The normalized spacial score (nSPS) is 12.8. The summed E-state index contributed by atoms with van der Waals surface area (Å²) in [6, 6.07) is 78.2. The van der Waals surface area contributed by atoms with E-state index < -0.39 is 31.9 Å². The maximum Gasteiger partial charge on any atom is 0.410 e. The largest absolute Gasteiger partial charge is 0.478 e. The predicted molar refractivity (Wildman–Crippen MR) is 561 cm³/mol. The Labute approximate surface area is 835 Å². The second-order valence-corrected chi connectivity index (χ2v) is 37.6. The number of rotatable bonds is 18. The zero-order valence-electron chi connectivity index (χ0n) is 77.8. The molecule has 17 rings (SSSR count). The number of ether oxygens (including phenoxy) is 2. The van der Waals surface area contributed by atoms with Crippen molar-refractivity contribution in [3.8, 4) is 37.4 Å². The van der Waals surface area contributed by atoms with Crippen LogP contribution in [0.1, 0.15) is 126 Å². The zero-order chi connectivity index (χ0) is 100. The topological polar surface area (TPSA) is 401 Å². The lowest BCUT2D eigenvalue weighted by molar-refractivity contribution is -0.454. The fraction of sp³-hybridized carbons (Fsp3) is 0.250. The molecule has 3 aliphatic heterocycles. The number of nitro groups is 3. The van der Waals surface area contributed by atoms with Gasteiger partial charge in [-0.15, -0.1) is 22.9 Å². The molecule has 14 aromatic rings. The first-order chi connectivity index (χ1) is 66.6. The van der Waals surface area contributed by atoms with Crippen molar-refractivity contribution in [1.82, 2.24) is 24.8 Å². The highest BCUT2D eigenvalue weighted by Crippen LogP contribution is 2.41. The number of nitrogens with two attached hydrogens (primary N) is 2. The SMILES string of the molecule is CC(=O)c1ccccc1.CC(C)(C)OC(=O)N1CCN(c2ccc3cc(C(=O)Cc4cc(-c5ccccc5)sc4N)cnc3c2)CC1.CC(C)(C)OC(=O)N1CCN(c2ccc3cc(C(=O)Cc4cc(-c5ccccc5)sc4[N+](=O)[O-])cnc3c2)CC1.CCl.N#C/C=C(\Cl)c1ccccc1.Nc1cc(-c2ccccc2)sc1[N+](=O)[O-].O=C(O)c1cnc2cc(N3CCCCC3)ccc2c1.O=[N+]([O-])CBr. The summed E-state index contributed by atoms with van der Waals surface area (Å²) in [6.45, 7) is 20.1. The van der Waals surface area contributed by atoms with E-state index in [-0.39, 0.29) is 69.1 Å². The third kappa shape index (κ3) is 32.1. The molecule has 35 heteroatoms. The summed E-state index contributed by atoms with van der Waals surface area (Å²) in [7, 11) is 0. The highest BCUT2D eigenvalue weighted by atomic mass is 79.9. The van der Waals surface area contributed by atoms with Gasteiger partial charge >= 0.3 is 28.2 Å². The molecule has 3 aliphatic rings. The van der Waals surface area contributed by atoms with Gasteiger partial charge in [-0.3, -0.25) is 59.7 Å². The Morgan fingerprint density at radius 1 is 0.468 bits per heavy atom. The first-order valence-corrected chi connectivity index (χ1v) is 48.8. The minimum atomic E-state index is -0.936. The molecular weight excluding hydrogens is 1930 g/mol. The minimum absolute atomic E-state index is 0.00820. The van der Waals surface area contributed by atoms with Crippen molar-refractivity contribution in [2.75, 3.05) is 103 Å². The van der Waals surface area contributed by atoms with Gasteiger partial charge in [-0.2, -0.15) is 5.26 Å². The third-order valence-corrected chi connectivity index (χ3v) is 25.4. The number of carbonyl (C=O) groups excluding carboxylic acids is 5. The van der Waals surface area contributed by atoms with Crippen molar-refractivity contribution in [3.63, 3.8) is 0 Å². The number of alkyl halides is 2. The maximum absolute atomic E-state index is 13.2. The Morgan fingerprint density at radius 3 is 1.17 bits per heavy atom. The number of fused-ring (bicyclic) bond motifs is 3. The first-order valence-electron chi connectivity index (χ1n) is 44.0. The Balaban J connectivity index is 0.000000183. The van der Waals surface area contributed by atoms with E-state index >= 15 is 0 Å². The number of benzene rings is 8. The number of nitrogens with zero attached hydrogens (tertiary/aromatic N) is 12. The molecule has 2 amide bonds. The number of allylic oxidation sites excluding steroid dienone is 1. The monoisotopic (exact) mass is 2030 g/mol. The number of nitriles is 1. The summed E-state index contributed by atoms with van der Waals surface area (Å²) in [4.78, 5) is 129. The van der Waals surface area contributed by atoms with Gasteiger partial charge in [0.2, 0.25) is 0 Å². The van der Waals surface area contributed by atoms with Gasteiger partial charge in [-0.05, 0) is 184 Å². The number of hydrogen-bond acceptors (Lipinski definition) is 26. The second kappa shape index (κ2) is 51.7. The molecular formula is C104H105BrCl2N14O15S3. The molecule has 720 valence electrons. The van der Waals surface area contributed by atoms with Crippen LogP contribution in [0.2, 0.25) is 0 Å². The zero-order valence-corrected chi connectivity index (χ0v) is 83.3. The number of nitrogen functional groups attached to an aromatic ring is 2. The number of Topliss-reactive ketones (excluding diaryl/α,β-unsaturated/α-hetero) is 3. The average Bonchev–Trinajstić information content (AvgIpc) is 1.70. The molecule has 3 saturated heterocycles. The Bertz CT molecular complexity index is 6660. The van der Waals surface area contributed by atoms with Gasteiger partial charge in [-0.1, -0.05) is 204 Å². The van der Waals surface area contributed by atoms with Gasteiger partial charge in [-0.25, -0.2) is 14.4 Å². The molecule has 3 fully saturated rings. The van der Waals surface area contributed by atoms with Gasteiger partial charge in [0.05, 0.1) is 53.6 Å². The highest BCUT2D eigenvalue weighted by molar-refractivity contribution is 9.09. The molecule has 0 radical (unpaired) electrons. The van der Waals surface area contributed by atoms with E-state index in [9.17, 15) is 49.0 Å². The van der Waals surface area contributed by atoms with Crippen molar-refractivity contribution in [1.29, 1.82) is 5.26 Å². The number of pyridine rings is 3. The summed E-state index contributed by atoms with van der Waals surface area (Å²) >= 11 is 16.7. The fourth-order valence-electron chi connectivity index (χ4n) is 14.5. The van der Waals surface area contributed by atoms with Crippen molar-refractivity contribution < 1.29 is 58.1 Å². The van der Waals surface area contributed by atoms with Crippen LogP contribution in [0.5, 0.6) is 0 Å². The van der Waals surface area contributed by atoms with Gasteiger partial charge in [0.25, 0.3) is 5.45 Å². The van der Waals surface area contributed by atoms with Crippen molar-refractivity contribution >= 4 is 184 Å². The van der Waals surface area contributed by atoms with Crippen molar-refractivity contribution in [2.45, 2.75) is 91.8 Å². The number of thiophene rings is 3. The Morgan fingerprint density at radius 2 is 0.813 bits per heavy atom. The molecule has 0 unspecified atom stereocenters. The number of aromatic carboxylic acids is 1. The number of piperidine rings is 1. The van der Waals surface area contributed by atoms with E-state index in [0.29, 0.717) is 79.1 Å². The van der Waals surface area contributed by atoms with E-state index in [4.69, 9.17) is 53.0 Å². The van der Waals surface area contributed by atoms with E-state index in [1.165, 1.54) is 61.1 Å². The molecule has 0 aliphatic carbocycles. The molecule has 9 heterocycles. The number of ketones is 3. The van der Waals surface area contributed by atoms with E-state index in [0.717, 1.165) is 128 Å². The summed E-state index contributed by atoms with van der Waals surface area (Å²) in [5.74, 6) is -1.05. The van der Waals surface area contributed by atoms with Gasteiger partial charge < -0.3 is 50.5 Å². The third-order valence-electron chi connectivity index (χ3n) is 21.3. The van der Waals surface area contributed by atoms with Crippen LogP contribution in [0, 0.1) is 41.7 Å². The summed E-state index contributed by atoms with van der Waals surface area (Å²) in [5, 5.41) is 52.4. The molecule has 6 aromatic heterocycles. The lowest BCUT2D eigenvalue weighted by atomic mass is 10.0. The highest BCUT2D eigenvalue weighted by Gasteiger charge is 2.30. The number of amides is 2. The van der Waals surface area contributed by atoms with Crippen molar-refractivity contribution in [2.24, 2.45) is 0 Å². The predicted octanol–water partition coefficient (Wildman–Crippen LogP) is 24.4. The number of carboxylic acid groups (broad SMARTS) is 1. The van der Waals surface area contributed by atoms with Gasteiger partial charge in [0.1, 0.15) is 16.9 Å². The number of halogens is 3. The number of carbonyl (C=O) groups is 6. The molecule has 139 heavy (non-hydrogen) atoms. The van der Waals surface area contributed by atoms with E-state index in [1.807, 2.05) is 260 Å².